The van der Waals surface area contributed by atoms with Crippen LogP contribution in [0.3, 0.4) is 0 Å². The molecule has 0 saturated heterocycles. The average molecular weight is 254 g/mol. The van der Waals surface area contributed by atoms with E-state index in [2.05, 4.69) is 0 Å². The third-order valence-electron chi connectivity index (χ3n) is 3.50. The largest absolute Gasteiger partial charge is 0.508 e. The van der Waals surface area contributed by atoms with Crippen molar-refractivity contribution in [3.05, 3.63) is 59.7 Å². The highest BCUT2D eigenvalue weighted by Crippen LogP contribution is 2.38. The van der Waals surface area contributed by atoms with E-state index in [9.17, 15) is 9.90 Å². The molecule has 0 bridgehead atoms. The SMILES string of the molecule is CC1C(=O)c2ccccc2OC1c1ccc(O)cc1. The van der Waals surface area contributed by atoms with Crippen LogP contribution in [-0.2, 0) is 0 Å². The highest BCUT2D eigenvalue weighted by atomic mass is 16.5. The van der Waals surface area contributed by atoms with Gasteiger partial charge in [0.05, 0.1) is 11.5 Å². The zero-order valence-corrected chi connectivity index (χ0v) is 10.5. The molecule has 96 valence electrons. The van der Waals surface area contributed by atoms with E-state index in [0.717, 1.165) is 5.56 Å². The number of phenols is 1. The number of Topliss-reactive ketones (excluding diaryl/α,β-unsaturated/α-hetero) is 1. The molecule has 3 nitrogen and oxygen atoms in total. The van der Waals surface area contributed by atoms with Crippen LogP contribution in [0.25, 0.3) is 0 Å². The van der Waals surface area contributed by atoms with E-state index in [-0.39, 0.29) is 23.6 Å². The van der Waals surface area contributed by atoms with Gasteiger partial charge in [-0.1, -0.05) is 31.2 Å². The monoisotopic (exact) mass is 254 g/mol. The molecule has 0 saturated carbocycles. The van der Waals surface area contributed by atoms with Gasteiger partial charge >= 0.3 is 0 Å². The smallest absolute Gasteiger partial charge is 0.173 e. The van der Waals surface area contributed by atoms with Crippen LogP contribution in [0.5, 0.6) is 11.5 Å². The van der Waals surface area contributed by atoms with Gasteiger partial charge in [-0.2, -0.15) is 0 Å². The molecule has 2 atom stereocenters. The van der Waals surface area contributed by atoms with E-state index in [0.29, 0.717) is 11.3 Å². The molecule has 0 fully saturated rings. The Morgan fingerprint density at radius 3 is 2.47 bits per heavy atom. The number of rotatable bonds is 1. The van der Waals surface area contributed by atoms with Gasteiger partial charge in [0, 0.05) is 0 Å². The maximum Gasteiger partial charge on any atom is 0.173 e. The number of fused-ring (bicyclic) bond motifs is 1. The van der Waals surface area contributed by atoms with Crippen molar-refractivity contribution in [1.82, 2.24) is 0 Å². The van der Waals surface area contributed by atoms with Gasteiger partial charge in [-0.25, -0.2) is 0 Å². The first-order valence-electron chi connectivity index (χ1n) is 6.25. The van der Waals surface area contributed by atoms with E-state index in [4.69, 9.17) is 4.74 Å². The van der Waals surface area contributed by atoms with Gasteiger partial charge in [-0.3, -0.25) is 4.79 Å². The third-order valence-corrected chi connectivity index (χ3v) is 3.50. The van der Waals surface area contributed by atoms with Gasteiger partial charge in [-0.05, 0) is 29.8 Å². The predicted molar refractivity (Wildman–Crippen MR) is 71.4 cm³/mol. The van der Waals surface area contributed by atoms with Gasteiger partial charge in [0.1, 0.15) is 17.6 Å². The van der Waals surface area contributed by atoms with Crippen LogP contribution in [-0.4, -0.2) is 10.9 Å². The fourth-order valence-corrected chi connectivity index (χ4v) is 2.42. The number of phenolic OH excluding ortho intramolecular Hbond substituents is 1. The molecule has 0 spiro atoms. The topological polar surface area (TPSA) is 46.5 Å². The van der Waals surface area contributed by atoms with Crippen molar-refractivity contribution >= 4 is 5.78 Å². The number of ether oxygens (including phenoxy) is 1. The van der Waals surface area contributed by atoms with Crippen LogP contribution in [0.4, 0.5) is 0 Å². The first-order chi connectivity index (χ1) is 9.16. The summed E-state index contributed by atoms with van der Waals surface area (Å²) in [5, 5.41) is 9.32. The lowest BCUT2D eigenvalue weighted by molar-refractivity contribution is 0.0690. The Labute approximate surface area is 111 Å². The number of benzene rings is 2. The van der Waals surface area contributed by atoms with Crippen molar-refractivity contribution in [1.29, 1.82) is 0 Å². The molecule has 19 heavy (non-hydrogen) atoms. The number of para-hydroxylation sites is 1. The molecule has 2 aromatic carbocycles. The van der Waals surface area contributed by atoms with Gasteiger partial charge in [-0.15, -0.1) is 0 Å². The van der Waals surface area contributed by atoms with Gasteiger partial charge in [0.25, 0.3) is 0 Å². The second-order valence-corrected chi connectivity index (χ2v) is 4.78. The van der Waals surface area contributed by atoms with E-state index >= 15 is 0 Å². The fourth-order valence-electron chi connectivity index (χ4n) is 2.42. The lowest BCUT2D eigenvalue weighted by Gasteiger charge is -2.30. The van der Waals surface area contributed by atoms with Crippen molar-refractivity contribution < 1.29 is 14.6 Å². The summed E-state index contributed by atoms with van der Waals surface area (Å²) in [6, 6.07) is 14.1. The normalized spacial score (nSPS) is 21.6. The van der Waals surface area contributed by atoms with Crippen molar-refractivity contribution in [2.24, 2.45) is 5.92 Å². The second kappa shape index (κ2) is 4.43. The summed E-state index contributed by atoms with van der Waals surface area (Å²) >= 11 is 0. The predicted octanol–water partition coefficient (Wildman–Crippen LogP) is 3.34. The van der Waals surface area contributed by atoms with Crippen LogP contribution in [0, 0.1) is 5.92 Å². The minimum absolute atomic E-state index is 0.0972. The first-order valence-corrected chi connectivity index (χ1v) is 6.25. The van der Waals surface area contributed by atoms with Crippen LogP contribution in [0.15, 0.2) is 48.5 Å². The molecule has 3 heteroatoms. The fraction of sp³-hybridized carbons (Fsp3) is 0.188. The summed E-state index contributed by atoms with van der Waals surface area (Å²) in [4.78, 5) is 12.3. The van der Waals surface area contributed by atoms with Crippen molar-refractivity contribution in [2.45, 2.75) is 13.0 Å². The van der Waals surface area contributed by atoms with Crippen molar-refractivity contribution in [3.63, 3.8) is 0 Å². The van der Waals surface area contributed by atoms with Gasteiger partial charge in [0.2, 0.25) is 0 Å². The number of carbonyl (C=O) groups is 1. The van der Waals surface area contributed by atoms with Crippen LogP contribution < -0.4 is 4.74 Å². The highest BCUT2D eigenvalue weighted by Gasteiger charge is 2.34. The maximum atomic E-state index is 12.3. The Kier molecular flexibility index (Phi) is 2.75. The Hall–Kier alpha value is -2.29. The Balaban J connectivity index is 2.01. The molecule has 3 rings (SSSR count). The maximum absolute atomic E-state index is 12.3. The van der Waals surface area contributed by atoms with Gasteiger partial charge < -0.3 is 9.84 Å². The molecule has 2 aromatic rings. The summed E-state index contributed by atoms with van der Waals surface area (Å²) in [5.74, 6) is 0.696. The number of hydrogen-bond donors (Lipinski definition) is 1. The van der Waals surface area contributed by atoms with E-state index in [1.807, 2.05) is 25.1 Å². The quantitative estimate of drug-likeness (QED) is 0.849. The summed E-state index contributed by atoms with van der Waals surface area (Å²) in [5.41, 5.74) is 1.54. The van der Waals surface area contributed by atoms with Crippen LogP contribution in [0.2, 0.25) is 0 Å². The number of aromatic hydroxyl groups is 1. The zero-order chi connectivity index (χ0) is 13.4. The van der Waals surface area contributed by atoms with E-state index < -0.39 is 0 Å². The Morgan fingerprint density at radius 2 is 1.74 bits per heavy atom. The molecule has 1 aliphatic heterocycles. The summed E-state index contributed by atoms with van der Waals surface area (Å²) in [7, 11) is 0. The number of carbonyl (C=O) groups excluding carboxylic acids is 1. The van der Waals surface area contributed by atoms with Crippen molar-refractivity contribution in [3.8, 4) is 11.5 Å². The minimum atomic E-state index is -0.303. The molecule has 0 aromatic heterocycles. The van der Waals surface area contributed by atoms with E-state index in [1.54, 1.807) is 30.3 Å². The number of ketones is 1. The Bertz CT molecular complexity index is 616. The molecule has 0 amide bonds. The summed E-state index contributed by atoms with van der Waals surface area (Å²) < 4.78 is 5.94. The lowest BCUT2D eigenvalue weighted by atomic mass is 9.87. The zero-order valence-electron chi connectivity index (χ0n) is 10.5. The van der Waals surface area contributed by atoms with Gasteiger partial charge in [0.15, 0.2) is 5.78 Å². The first kappa shape index (κ1) is 11.8. The molecule has 0 aliphatic carbocycles. The molecule has 1 heterocycles. The molecular weight excluding hydrogens is 240 g/mol. The molecule has 0 radical (unpaired) electrons. The average Bonchev–Trinajstić information content (AvgIpc) is 2.44. The highest BCUT2D eigenvalue weighted by molar-refractivity contribution is 6.01. The molecule has 1 aliphatic rings. The Morgan fingerprint density at radius 1 is 1.05 bits per heavy atom. The van der Waals surface area contributed by atoms with Crippen molar-refractivity contribution in [2.75, 3.05) is 0 Å². The second-order valence-electron chi connectivity index (χ2n) is 4.78. The standard InChI is InChI=1S/C16H14O3/c1-10-15(18)13-4-2-3-5-14(13)19-16(10)11-6-8-12(17)9-7-11/h2-10,16-17H,1H3. The van der Waals surface area contributed by atoms with Crippen LogP contribution in [0.1, 0.15) is 28.9 Å². The lowest BCUT2D eigenvalue weighted by Crippen LogP contribution is -2.29. The van der Waals surface area contributed by atoms with Crippen LogP contribution >= 0.6 is 0 Å². The minimum Gasteiger partial charge on any atom is -0.508 e. The molecule has 1 N–H and O–H groups in total. The summed E-state index contributed by atoms with van der Waals surface area (Å²) in [6.45, 7) is 1.87. The number of hydrogen-bond acceptors (Lipinski definition) is 3. The summed E-state index contributed by atoms with van der Waals surface area (Å²) in [6.07, 6.45) is -0.303. The molecular formula is C16H14O3. The van der Waals surface area contributed by atoms with E-state index in [1.165, 1.54) is 0 Å². The molecule has 2 unspecified atom stereocenters. The third kappa shape index (κ3) is 1.97.